The van der Waals surface area contributed by atoms with Crippen molar-refractivity contribution < 1.29 is 9.53 Å². The maximum Gasteiger partial charge on any atom is 0.269 e. The first kappa shape index (κ1) is 12.9. The predicted octanol–water partition coefficient (Wildman–Crippen LogP) is 0.587. The number of likely N-dealkylation sites (N-methyl/N-ethyl adjacent to an activating group) is 1. The van der Waals surface area contributed by atoms with Crippen LogP contribution in [0.4, 0.5) is 0 Å². The van der Waals surface area contributed by atoms with Gasteiger partial charge in [-0.2, -0.15) is 0 Å². The average Bonchev–Trinajstić information content (AvgIpc) is 2.41. The molecule has 0 atom stereocenters. The van der Waals surface area contributed by atoms with E-state index in [1.54, 1.807) is 19.2 Å². The van der Waals surface area contributed by atoms with Crippen LogP contribution in [0.2, 0.25) is 0 Å². The van der Waals surface area contributed by atoms with Gasteiger partial charge in [-0.3, -0.25) is 10.2 Å². The number of hydrazine groups is 1. The molecular weight excluding hydrogens is 230 g/mol. The van der Waals surface area contributed by atoms with E-state index in [1.165, 1.54) is 0 Å². The number of nitrogens with one attached hydrogen (secondary N) is 1. The van der Waals surface area contributed by atoms with Crippen LogP contribution in [0.5, 0.6) is 5.75 Å². The molecule has 1 aliphatic heterocycles. The molecule has 1 heterocycles. The van der Waals surface area contributed by atoms with Crippen molar-refractivity contribution >= 4 is 5.91 Å². The maximum absolute atomic E-state index is 12.1. The lowest BCUT2D eigenvalue weighted by Crippen LogP contribution is -2.52. The van der Waals surface area contributed by atoms with Crippen molar-refractivity contribution in [3.8, 4) is 5.75 Å². The minimum Gasteiger partial charge on any atom is -0.496 e. The van der Waals surface area contributed by atoms with Crippen molar-refractivity contribution in [1.82, 2.24) is 15.3 Å². The number of methoxy groups -OCH3 is 1. The van der Waals surface area contributed by atoms with Gasteiger partial charge >= 0.3 is 0 Å². The van der Waals surface area contributed by atoms with Crippen LogP contribution in [0.3, 0.4) is 0 Å². The molecule has 1 N–H and O–H groups in total. The van der Waals surface area contributed by atoms with E-state index in [4.69, 9.17) is 4.74 Å². The van der Waals surface area contributed by atoms with Crippen LogP contribution in [0.25, 0.3) is 0 Å². The molecule has 0 spiro atoms. The zero-order valence-corrected chi connectivity index (χ0v) is 10.8. The van der Waals surface area contributed by atoms with Gasteiger partial charge in [-0.1, -0.05) is 12.1 Å². The molecule has 0 bridgehead atoms. The summed E-state index contributed by atoms with van der Waals surface area (Å²) in [6.07, 6.45) is 0. The first-order valence-corrected chi connectivity index (χ1v) is 6.08. The Morgan fingerprint density at radius 1 is 1.22 bits per heavy atom. The molecule has 1 amide bonds. The number of benzene rings is 1. The van der Waals surface area contributed by atoms with Gasteiger partial charge in [0.15, 0.2) is 0 Å². The van der Waals surface area contributed by atoms with E-state index >= 15 is 0 Å². The van der Waals surface area contributed by atoms with Gasteiger partial charge in [0, 0.05) is 26.2 Å². The van der Waals surface area contributed by atoms with E-state index in [0.717, 1.165) is 26.2 Å². The highest BCUT2D eigenvalue weighted by Gasteiger charge is 2.18. The Bertz CT molecular complexity index is 414. The van der Waals surface area contributed by atoms with Crippen molar-refractivity contribution in [3.05, 3.63) is 29.8 Å². The summed E-state index contributed by atoms with van der Waals surface area (Å²) in [5.74, 6) is 0.487. The summed E-state index contributed by atoms with van der Waals surface area (Å²) in [5, 5.41) is 1.95. The zero-order chi connectivity index (χ0) is 13.0. The summed E-state index contributed by atoms with van der Waals surface area (Å²) >= 11 is 0. The molecule has 0 aliphatic carbocycles. The van der Waals surface area contributed by atoms with Gasteiger partial charge in [0.2, 0.25) is 0 Å². The third-order valence-electron chi connectivity index (χ3n) is 3.11. The Balaban J connectivity index is 1.99. The van der Waals surface area contributed by atoms with Crippen LogP contribution in [-0.4, -0.2) is 56.2 Å². The molecule has 0 radical (unpaired) electrons. The van der Waals surface area contributed by atoms with Crippen molar-refractivity contribution in [2.75, 3.05) is 40.3 Å². The third kappa shape index (κ3) is 3.00. The predicted molar refractivity (Wildman–Crippen MR) is 69.5 cm³/mol. The summed E-state index contributed by atoms with van der Waals surface area (Å²) in [6, 6.07) is 7.25. The minimum absolute atomic E-state index is 0.114. The highest BCUT2D eigenvalue weighted by molar-refractivity contribution is 5.96. The number of piperazine rings is 1. The molecule has 0 unspecified atom stereocenters. The Morgan fingerprint density at radius 2 is 1.89 bits per heavy atom. The lowest BCUT2D eigenvalue weighted by molar-refractivity contribution is 0.0660. The van der Waals surface area contributed by atoms with Crippen molar-refractivity contribution in [3.63, 3.8) is 0 Å². The summed E-state index contributed by atoms with van der Waals surface area (Å²) in [4.78, 5) is 14.4. The Kier molecular flexibility index (Phi) is 4.17. The summed E-state index contributed by atoms with van der Waals surface area (Å²) in [5.41, 5.74) is 3.49. The van der Waals surface area contributed by atoms with Crippen LogP contribution < -0.4 is 10.2 Å². The molecular formula is C13H19N3O2. The number of rotatable bonds is 3. The van der Waals surface area contributed by atoms with Gasteiger partial charge in [-0.05, 0) is 19.2 Å². The largest absolute Gasteiger partial charge is 0.496 e. The second-order valence-corrected chi connectivity index (χ2v) is 4.43. The van der Waals surface area contributed by atoms with E-state index in [1.807, 2.05) is 17.1 Å². The van der Waals surface area contributed by atoms with Crippen LogP contribution in [0, 0.1) is 0 Å². The fourth-order valence-corrected chi connectivity index (χ4v) is 1.95. The number of carbonyl (C=O) groups excluding carboxylic acids is 1. The lowest BCUT2D eigenvalue weighted by Gasteiger charge is -2.32. The molecule has 1 fully saturated rings. The van der Waals surface area contributed by atoms with E-state index in [0.29, 0.717) is 11.3 Å². The minimum atomic E-state index is -0.114. The monoisotopic (exact) mass is 249 g/mol. The number of carbonyl (C=O) groups is 1. The van der Waals surface area contributed by atoms with Crippen LogP contribution >= 0.6 is 0 Å². The Hall–Kier alpha value is -1.59. The lowest BCUT2D eigenvalue weighted by atomic mass is 10.2. The highest BCUT2D eigenvalue weighted by atomic mass is 16.5. The van der Waals surface area contributed by atoms with Gasteiger partial charge in [-0.25, -0.2) is 5.01 Å². The summed E-state index contributed by atoms with van der Waals surface area (Å²) < 4.78 is 5.19. The first-order chi connectivity index (χ1) is 8.70. The van der Waals surface area contributed by atoms with Crippen molar-refractivity contribution in [1.29, 1.82) is 0 Å². The smallest absolute Gasteiger partial charge is 0.269 e. The number of ether oxygens (including phenoxy) is 1. The van der Waals surface area contributed by atoms with Crippen molar-refractivity contribution in [2.45, 2.75) is 0 Å². The van der Waals surface area contributed by atoms with E-state index in [2.05, 4.69) is 17.4 Å². The molecule has 1 aliphatic rings. The SMILES string of the molecule is COc1ccccc1C(=O)NN1CCN(C)CC1. The summed E-state index contributed by atoms with van der Waals surface area (Å²) in [6.45, 7) is 3.62. The molecule has 0 saturated carbocycles. The van der Waals surface area contributed by atoms with Crippen LogP contribution in [-0.2, 0) is 0 Å². The molecule has 5 heteroatoms. The van der Waals surface area contributed by atoms with Gasteiger partial charge in [-0.15, -0.1) is 0 Å². The fraction of sp³-hybridized carbons (Fsp3) is 0.462. The molecule has 0 aromatic heterocycles. The second-order valence-electron chi connectivity index (χ2n) is 4.43. The quantitative estimate of drug-likeness (QED) is 0.851. The standard InChI is InChI=1S/C13H19N3O2/c1-15-7-9-16(10-8-15)14-13(17)11-5-3-4-6-12(11)18-2/h3-6H,7-10H2,1-2H3,(H,14,17). The van der Waals surface area contributed by atoms with Crippen LogP contribution in [0.1, 0.15) is 10.4 Å². The van der Waals surface area contributed by atoms with Gasteiger partial charge < -0.3 is 9.64 Å². The third-order valence-corrected chi connectivity index (χ3v) is 3.11. The summed E-state index contributed by atoms with van der Waals surface area (Å²) in [7, 11) is 3.65. The Morgan fingerprint density at radius 3 is 2.56 bits per heavy atom. The maximum atomic E-state index is 12.1. The molecule has 1 saturated heterocycles. The number of hydrogen-bond acceptors (Lipinski definition) is 4. The van der Waals surface area contributed by atoms with Gasteiger partial charge in [0.05, 0.1) is 12.7 Å². The fourth-order valence-electron chi connectivity index (χ4n) is 1.95. The molecule has 18 heavy (non-hydrogen) atoms. The topological polar surface area (TPSA) is 44.8 Å². The molecule has 1 aromatic rings. The van der Waals surface area contributed by atoms with E-state index in [9.17, 15) is 4.79 Å². The Labute approximate surface area is 107 Å². The second kappa shape index (κ2) is 5.84. The molecule has 1 aromatic carbocycles. The number of nitrogens with zero attached hydrogens (tertiary/aromatic N) is 2. The molecule has 98 valence electrons. The first-order valence-electron chi connectivity index (χ1n) is 6.08. The van der Waals surface area contributed by atoms with E-state index < -0.39 is 0 Å². The normalized spacial score (nSPS) is 17.4. The zero-order valence-electron chi connectivity index (χ0n) is 10.8. The molecule has 2 rings (SSSR count). The van der Waals surface area contributed by atoms with Gasteiger partial charge in [0.1, 0.15) is 5.75 Å². The molecule has 5 nitrogen and oxygen atoms in total. The van der Waals surface area contributed by atoms with E-state index in [-0.39, 0.29) is 5.91 Å². The number of amides is 1. The van der Waals surface area contributed by atoms with Gasteiger partial charge in [0.25, 0.3) is 5.91 Å². The van der Waals surface area contributed by atoms with Crippen molar-refractivity contribution in [2.24, 2.45) is 0 Å². The van der Waals surface area contributed by atoms with Crippen LogP contribution in [0.15, 0.2) is 24.3 Å². The number of para-hydroxylation sites is 1. The number of hydrogen-bond donors (Lipinski definition) is 1. The average molecular weight is 249 g/mol. The highest BCUT2D eigenvalue weighted by Crippen LogP contribution is 2.17.